The number of anilines is 1. The van der Waals surface area contributed by atoms with Crippen LogP contribution in [0.4, 0.5) is 5.69 Å². The lowest BCUT2D eigenvalue weighted by atomic mass is 10.0. The van der Waals surface area contributed by atoms with Crippen molar-refractivity contribution in [1.29, 1.82) is 0 Å². The number of benzene rings is 2. The minimum absolute atomic E-state index is 0.581. The molecule has 3 rings (SSSR count). The number of hydrogen-bond acceptors (Lipinski definition) is 4. The largest absolute Gasteiger partial charge is 0.490 e. The maximum Gasteiger partial charge on any atom is 0.161 e. The zero-order valence-electron chi connectivity index (χ0n) is 13.5. The molecular formula is C19H23NO3. The van der Waals surface area contributed by atoms with Crippen LogP contribution in [0.15, 0.2) is 42.5 Å². The first-order valence-corrected chi connectivity index (χ1v) is 8.15. The molecule has 2 aromatic rings. The molecule has 0 aliphatic carbocycles. The maximum atomic E-state index is 5.81. The van der Waals surface area contributed by atoms with E-state index in [1.165, 1.54) is 11.1 Å². The quantitative estimate of drug-likeness (QED) is 0.792. The normalized spacial score (nSPS) is 13.3. The van der Waals surface area contributed by atoms with Crippen molar-refractivity contribution in [2.24, 2.45) is 0 Å². The summed E-state index contributed by atoms with van der Waals surface area (Å²) in [6.07, 6.45) is 1.01. The van der Waals surface area contributed by atoms with Gasteiger partial charge in [0.2, 0.25) is 0 Å². The van der Waals surface area contributed by atoms with Gasteiger partial charge < -0.3 is 19.5 Å². The molecule has 0 aromatic heterocycles. The molecule has 0 radical (unpaired) electrons. The van der Waals surface area contributed by atoms with Crippen molar-refractivity contribution < 1.29 is 14.2 Å². The van der Waals surface area contributed by atoms with Crippen LogP contribution in [0.1, 0.15) is 18.1 Å². The molecule has 0 saturated carbocycles. The average Bonchev–Trinajstić information content (AvgIpc) is 2.60. The summed E-state index contributed by atoms with van der Waals surface area (Å²) in [5.74, 6) is 1.58. The first kappa shape index (κ1) is 15.7. The standard InChI is InChI=1S/C19H23NO3/c1-2-22-18-5-3-4-6-19(18)23-12-10-20-17-8-7-15-9-11-21-14-16(15)13-17/h3-8,13,20H,2,9-12,14H2,1H3. The summed E-state index contributed by atoms with van der Waals surface area (Å²) in [5.41, 5.74) is 3.78. The molecule has 2 aromatic carbocycles. The fourth-order valence-electron chi connectivity index (χ4n) is 2.68. The Kier molecular flexibility index (Phi) is 5.37. The van der Waals surface area contributed by atoms with Gasteiger partial charge in [-0.25, -0.2) is 0 Å². The maximum absolute atomic E-state index is 5.81. The van der Waals surface area contributed by atoms with E-state index in [1.807, 2.05) is 31.2 Å². The summed E-state index contributed by atoms with van der Waals surface area (Å²) in [5, 5.41) is 3.40. The fraction of sp³-hybridized carbons (Fsp3) is 0.368. The Hall–Kier alpha value is -2.20. The second-order valence-corrected chi connectivity index (χ2v) is 5.44. The van der Waals surface area contributed by atoms with Crippen LogP contribution in [0.3, 0.4) is 0 Å². The number of hydrogen-bond donors (Lipinski definition) is 1. The van der Waals surface area contributed by atoms with Gasteiger partial charge in [-0.05, 0) is 48.7 Å². The SMILES string of the molecule is CCOc1ccccc1OCCNc1ccc2c(c1)COCC2. The van der Waals surface area contributed by atoms with Crippen LogP contribution < -0.4 is 14.8 Å². The highest BCUT2D eigenvalue weighted by Gasteiger charge is 2.09. The topological polar surface area (TPSA) is 39.7 Å². The van der Waals surface area contributed by atoms with E-state index in [1.54, 1.807) is 0 Å². The number of fused-ring (bicyclic) bond motifs is 1. The third kappa shape index (κ3) is 4.17. The summed E-state index contributed by atoms with van der Waals surface area (Å²) in [7, 11) is 0. The van der Waals surface area contributed by atoms with Gasteiger partial charge in [0.05, 0.1) is 19.8 Å². The van der Waals surface area contributed by atoms with Gasteiger partial charge >= 0.3 is 0 Å². The summed E-state index contributed by atoms with van der Waals surface area (Å²) in [6, 6.07) is 14.2. The van der Waals surface area contributed by atoms with Gasteiger partial charge in [0.1, 0.15) is 6.61 Å². The van der Waals surface area contributed by atoms with E-state index in [2.05, 4.69) is 23.5 Å². The minimum Gasteiger partial charge on any atom is -0.490 e. The summed E-state index contributed by atoms with van der Waals surface area (Å²) in [4.78, 5) is 0. The van der Waals surface area contributed by atoms with E-state index >= 15 is 0 Å². The third-order valence-electron chi connectivity index (χ3n) is 3.82. The summed E-state index contributed by atoms with van der Waals surface area (Å²) >= 11 is 0. The summed E-state index contributed by atoms with van der Waals surface area (Å²) in [6.45, 7) is 5.46. The van der Waals surface area contributed by atoms with Gasteiger partial charge in [-0.1, -0.05) is 18.2 Å². The Morgan fingerprint density at radius 2 is 1.87 bits per heavy atom. The predicted octanol–water partition coefficient (Wildman–Crippen LogP) is 3.65. The van der Waals surface area contributed by atoms with E-state index in [0.717, 1.165) is 36.8 Å². The van der Waals surface area contributed by atoms with Gasteiger partial charge in [-0.3, -0.25) is 0 Å². The lowest BCUT2D eigenvalue weighted by molar-refractivity contribution is 0.111. The van der Waals surface area contributed by atoms with Crippen molar-refractivity contribution in [2.75, 3.05) is 31.7 Å². The van der Waals surface area contributed by atoms with E-state index in [9.17, 15) is 0 Å². The number of para-hydroxylation sites is 2. The number of ether oxygens (including phenoxy) is 3. The first-order valence-electron chi connectivity index (χ1n) is 8.15. The molecule has 23 heavy (non-hydrogen) atoms. The molecular weight excluding hydrogens is 290 g/mol. The lowest BCUT2D eigenvalue weighted by Crippen LogP contribution is -2.14. The van der Waals surface area contributed by atoms with E-state index in [0.29, 0.717) is 19.8 Å². The predicted molar refractivity (Wildman–Crippen MR) is 91.4 cm³/mol. The van der Waals surface area contributed by atoms with Crippen molar-refractivity contribution in [3.05, 3.63) is 53.6 Å². The molecule has 4 heteroatoms. The van der Waals surface area contributed by atoms with Gasteiger partial charge in [0.25, 0.3) is 0 Å². The van der Waals surface area contributed by atoms with Crippen LogP contribution in [-0.2, 0) is 17.8 Å². The summed E-state index contributed by atoms with van der Waals surface area (Å²) < 4.78 is 16.9. The van der Waals surface area contributed by atoms with Crippen LogP contribution in [0, 0.1) is 0 Å². The fourth-order valence-corrected chi connectivity index (χ4v) is 2.68. The van der Waals surface area contributed by atoms with E-state index in [4.69, 9.17) is 14.2 Å². The molecule has 0 saturated heterocycles. The molecule has 1 heterocycles. The van der Waals surface area contributed by atoms with Gasteiger partial charge in [-0.2, -0.15) is 0 Å². The van der Waals surface area contributed by atoms with Crippen LogP contribution in [0.5, 0.6) is 11.5 Å². The number of nitrogens with one attached hydrogen (secondary N) is 1. The van der Waals surface area contributed by atoms with Crippen LogP contribution >= 0.6 is 0 Å². The van der Waals surface area contributed by atoms with Crippen molar-refractivity contribution >= 4 is 5.69 Å². The Bertz CT molecular complexity index is 642. The Balaban J connectivity index is 1.50. The van der Waals surface area contributed by atoms with Gasteiger partial charge in [0.15, 0.2) is 11.5 Å². The number of rotatable bonds is 7. The average molecular weight is 313 g/mol. The second-order valence-electron chi connectivity index (χ2n) is 5.44. The lowest BCUT2D eigenvalue weighted by Gasteiger charge is -2.18. The zero-order valence-corrected chi connectivity index (χ0v) is 13.5. The van der Waals surface area contributed by atoms with E-state index < -0.39 is 0 Å². The van der Waals surface area contributed by atoms with Crippen molar-refractivity contribution in [3.63, 3.8) is 0 Å². The molecule has 0 fully saturated rings. The molecule has 1 N–H and O–H groups in total. The molecule has 0 unspecified atom stereocenters. The Morgan fingerprint density at radius 3 is 2.70 bits per heavy atom. The first-order chi connectivity index (χ1) is 11.4. The van der Waals surface area contributed by atoms with E-state index in [-0.39, 0.29) is 0 Å². The second kappa shape index (κ2) is 7.88. The molecule has 0 amide bonds. The zero-order chi connectivity index (χ0) is 15.9. The highest BCUT2D eigenvalue weighted by molar-refractivity contribution is 5.49. The van der Waals surface area contributed by atoms with Gasteiger partial charge in [0, 0.05) is 12.2 Å². The molecule has 0 bridgehead atoms. The highest BCUT2D eigenvalue weighted by Crippen LogP contribution is 2.26. The molecule has 122 valence electrons. The van der Waals surface area contributed by atoms with Crippen molar-refractivity contribution in [3.8, 4) is 11.5 Å². The third-order valence-corrected chi connectivity index (χ3v) is 3.82. The van der Waals surface area contributed by atoms with Crippen molar-refractivity contribution in [2.45, 2.75) is 20.0 Å². The van der Waals surface area contributed by atoms with Gasteiger partial charge in [-0.15, -0.1) is 0 Å². The molecule has 0 spiro atoms. The van der Waals surface area contributed by atoms with Crippen molar-refractivity contribution in [1.82, 2.24) is 0 Å². The Morgan fingerprint density at radius 1 is 1.04 bits per heavy atom. The molecule has 1 aliphatic rings. The highest BCUT2D eigenvalue weighted by atomic mass is 16.5. The smallest absolute Gasteiger partial charge is 0.161 e. The van der Waals surface area contributed by atoms with Crippen LogP contribution in [-0.4, -0.2) is 26.4 Å². The molecule has 4 nitrogen and oxygen atoms in total. The van der Waals surface area contributed by atoms with Crippen LogP contribution in [0.2, 0.25) is 0 Å². The molecule has 1 aliphatic heterocycles. The Labute approximate surface area is 137 Å². The van der Waals surface area contributed by atoms with Crippen LogP contribution in [0.25, 0.3) is 0 Å². The monoisotopic (exact) mass is 313 g/mol. The minimum atomic E-state index is 0.581. The molecule has 0 atom stereocenters.